The summed E-state index contributed by atoms with van der Waals surface area (Å²) in [6.45, 7) is -0.151. The number of carbonyl (C=O) groups excluding carboxylic acids is 2. The highest BCUT2D eigenvalue weighted by Crippen LogP contribution is 2.36. The van der Waals surface area contributed by atoms with Crippen LogP contribution in [0.5, 0.6) is 0 Å². The summed E-state index contributed by atoms with van der Waals surface area (Å²) in [6, 6.07) is 10.7. The van der Waals surface area contributed by atoms with Crippen LogP contribution in [-0.2, 0) is 15.7 Å². The van der Waals surface area contributed by atoms with E-state index < -0.39 is 47.8 Å². The summed E-state index contributed by atoms with van der Waals surface area (Å²) in [5, 5.41) is 3.59. The number of amides is 2. The Morgan fingerprint density at radius 2 is 1.72 bits per heavy atom. The number of hydrogen-bond donors (Lipinski definition) is 0. The third kappa shape index (κ3) is 4.96. The molecule has 4 rings (SSSR count). The number of benzene rings is 2. The van der Waals surface area contributed by atoms with Crippen LogP contribution in [0.4, 0.5) is 22.4 Å². The van der Waals surface area contributed by atoms with Gasteiger partial charge in [-0.25, -0.2) is 24.1 Å². The average molecular weight is 500 g/mol. The van der Waals surface area contributed by atoms with Gasteiger partial charge in [0.05, 0.1) is 0 Å². The fourth-order valence-corrected chi connectivity index (χ4v) is 3.91. The first-order valence-electron chi connectivity index (χ1n) is 10.4. The van der Waals surface area contributed by atoms with Gasteiger partial charge in [0.15, 0.2) is 0 Å². The van der Waals surface area contributed by atoms with Crippen LogP contribution >= 0.6 is 0 Å². The molecule has 1 fully saturated rings. The van der Waals surface area contributed by atoms with Crippen LogP contribution in [0.1, 0.15) is 34.5 Å². The standard InChI is InChI=1S/C23H16F4N6O3/c24-16-8-6-14(7-9-16)18(15-10-29-21(30-11-15)23(25,26)27)19(31-32-28)20(34)33-17(12-36-22(33)35)13-4-2-1-3-5-13/h1-11,17-19H,12H2/t17?,18-,19-/m0/s1. The molecule has 0 aliphatic carbocycles. The Bertz CT molecular complexity index is 1300. The Morgan fingerprint density at radius 3 is 2.31 bits per heavy atom. The van der Waals surface area contributed by atoms with Crippen LogP contribution in [0.15, 0.2) is 72.1 Å². The lowest BCUT2D eigenvalue weighted by molar-refractivity contribution is -0.145. The third-order valence-corrected chi connectivity index (χ3v) is 5.55. The molecule has 1 saturated heterocycles. The van der Waals surface area contributed by atoms with Crippen molar-refractivity contribution >= 4 is 12.0 Å². The Labute approximate surface area is 201 Å². The van der Waals surface area contributed by atoms with Gasteiger partial charge in [-0.2, -0.15) is 13.2 Å². The molecule has 3 atom stereocenters. The van der Waals surface area contributed by atoms with E-state index in [2.05, 4.69) is 20.0 Å². The van der Waals surface area contributed by atoms with Gasteiger partial charge in [-0.1, -0.05) is 47.6 Å². The van der Waals surface area contributed by atoms with Gasteiger partial charge in [0.2, 0.25) is 11.7 Å². The van der Waals surface area contributed by atoms with Gasteiger partial charge < -0.3 is 4.74 Å². The molecule has 9 nitrogen and oxygen atoms in total. The molecule has 184 valence electrons. The second-order valence-corrected chi connectivity index (χ2v) is 7.73. The van der Waals surface area contributed by atoms with E-state index in [-0.39, 0.29) is 17.7 Å². The number of cyclic esters (lactones) is 1. The molecule has 1 aliphatic heterocycles. The first-order valence-corrected chi connectivity index (χ1v) is 10.4. The SMILES string of the molecule is [N-]=[N+]=N[C@H](C(=O)N1C(=O)OCC1c1ccccc1)[C@@H](c1ccc(F)cc1)c1cnc(C(F)(F)F)nc1. The van der Waals surface area contributed by atoms with Crippen molar-refractivity contribution < 1.29 is 31.9 Å². The summed E-state index contributed by atoms with van der Waals surface area (Å²) in [7, 11) is 0. The summed E-state index contributed by atoms with van der Waals surface area (Å²) in [5.74, 6) is -4.23. The van der Waals surface area contributed by atoms with Gasteiger partial charge in [-0.3, -0.25) is 4.79 Å². The average Bonchev–Trinajstić information content (AvgIpc) is 3.26. The maximum absolute atomic E-state index is 13.7. The molecule has 0 bridgehead atoms. The number of ether oxygens (including phenoxy) is 1. The molecule has 2 aromatic carbocycles. The van der Waals surface area contributed by atoms with E-state index in [1.165, 1.54) is 12.1 Å². The molecule has 0 spiro atoms. The molecule has 3 aromatic rings. The van der Waals surface area contributed by atoms with Gasteiger partial charge >= 0.3 is 12.3 Å². The highest BCUT2D eigenvalue weighted by molar-refractivity contribution is 5.97. The summed E-state index contributed by atoms with van der Waals surface area (Å²) < 4.78 is 57.7. The molecule has 13 heteroatoms. The van der Waals surface area contributed by atoms with E-state index in [4.69, 9.17) is 4.74 Å². The Hall–Kier alpha value is -4.51. The molecule has 36 heavy (non-hydrogen) atoms. The van der Waals surface area contributed by atoms with E-state index in [1.807, 2.05) is 0 Å². The van der Waals surface area contributed by atoms with Crippen molar-refractivity contribution in [1.82, 2.24) is 14.9 Å². The molecule has 1 unspecified atom stereocenters. The fraction of sp³-hybridized carbons (Fsp3) is 0.217. The predicted octanol–water partition coefficient (Wildman–Crippen LogP) is 5.17. The number of rotatable bonds is 6. The van der Waals surface area contributed by atoms with Gasteiger partial charge in [0.25, 0.3) is 0 Å². The zero-order chi connectivity index (χ0) is 25.9. The van der Waals surface area contributed by atoms with Crippen LogP contribution < -0.4 is 0 Å². The van der Waals surface area contributed by atoms with E-state index in [1.54, 1.807) is 30.3 Å². The first kappa shape index (κ1) is 24.6. The van der Waals surface area contributed by atoms with E-state index in [9.17, 15) is 32.7 Å². The number of nitrogens with zero attached hydrogens (tertiary/aromatic N) is 6. The van der Waals surface area contributed by atoms with Crippen LogP contribution in [-0.4, -0.2) is 39.5 Å². The largest absolute Gasteiger partial charge is 0.451 e. The lowest BCUT2D eigenvalue weighted by Crippen LogP contribution is -2.43. The molecular weight excluding hydrogens is 484 g/mol. The number of hydrogen-bond acceptors (Lipinski definition) is 6. The van der Waals surface area contributed by atoms with Crippen LogP contribution in [0.25, 0.3) is 10.4 Å². The van der Waals surface area contributed by atoms with Crippen molar-refractivity contribution in [3.05, 3.63) is 106 Å². The van der Waals surface area contributed by atoms with Crippen LogP contribution in [0.2, 0.25) is 0 Å². The smallest absolute Gasteiger partial charge is 0.446 e. The molecule has 1 aromatic heterocycles. The fourth-order valence-electron chi connectivity index (χ4n) is 3.91. The second-order valence-electron chi connectivity index (χ2n) is 7.73. The Morgan fingerprint density at radius 1 is 1.08 bits per heavy atom. The van der Waals surface area contributed by atoms with Crippen molar-refractivity contribution in [3.8, 4) is 0 Å². The number of halogens is 4. The van der Waals surface area contributed by atoms with E-state index in [0.29, 0.717) is 5.56 Å². The first-order chi connectivity index (χ1) is 17.2. The highest BCUT2D eigenvalue weighted by atomic mass is 19.4. The summed E-state index contributed by atoms with van der Waals surface area (Å²) in [5.41, 5.74) is 10.0. The minimum Gasteiger partial charge on any atom is -0.446 e. The molecule has 1 aliphatic rings. The lowest BCUT2D eigenvalue weighted by Gasteiger charge is -2.28. The maximum Gasteiger partial charge on any atom is 0.451 e. The molecule has 2 heterocycles. The minimum absolute atomic E-state index is 0.0239. The molecule has 0 N–H and O–H groups in total. The second kappa shape index (κ2) is 10.0. The zero-order valence-electron chi connectivity index (χ0n) is 18.2. The number of carbonyl (C=O) groups is 2. The van der Waals surface area contributed by atoms with Gasteiger partial charge in [-0.05, 0) is 34.4 Å². The lowest BCUT2D eigenvalue weighted by atomic mass is 9.85. The number of azide groups is 1. The van der Waals surface area contributed by atoms with Crippen molar-refractivity contribution in [2.24, 2.45) is 5.11 Å². The number of imide groups is 1. The molecule has 2 amide bonds. The van der Waals surface area contributed by atoms with E-state index >= 15 is 0 Å². The van der Waals surface area contributed by atoms with Crippen LogP contribution in [0.3, 0.4) is 0 Å². The van der Waals surface area contributed by atoms with Crippen molar-refractivity contribution in [1.29, 1.82) is 0 Å². The maximum atomic E-state index is 13.7. The monoisotopic (exact) mass is 500 g/mol. The highest BCUT2D eigenvalue weighted by Gasteiger charge is 2.44. The number of aromatic nitrogens is 2. The summed E-state index contributed by atoms with van der Waals surface area (Å²) in [4.78, 5) is 36.4. The van der Waals surface area contributed by atoms with E-state index in [0.717, 1.165) is 29.4 Å². The van der Waals surface area contributed by atoms with Crippen molar-refractivity contribution in [2.45, 2.75) is 24.2 Å². The number of alkyl halides is 3. The quantitative estimate of drug-likeness (QED) is 0.200. The van der Waals surface area contributed by atoms with Gasteiger partial charge in [-0.15, -0.1) is 0 Å². The van der Waals surface area contributed by atoms with Crippen LogP contribution in [0, 0.1) is 5.82 Å². The molecular formula is C23H16F4N6O3. The molecule has 0 saturated carbocycles. The third-order valence-electron chi connectivity index (χ3n) is 5.55. The minimum atomic E-state index is -4.81. The summed E-state index contributed by atoms with van der Waals surface area (Å²) >= 11 is 0. The van der Waals surface area contributed by atoms with Gasteiger partial charge in [0.1, 0.15) is 24.5 Å². The van der Waals surface area contributed by atoms with Gasteiger partial charge in [0, 0.05) is 23.2 Å². The zero-order valence-corrected chi connectivity index (χ0v) is 18.2. The normalized spacial score (nSPS) is 17.2. The topological polar surface area (TPSA) is 121 Å². The van der Waals surface area contributed by atoms with Crippen molar-refractivity contribution in [3.63, 3.8) is 0 Å². The Balaban J connectivity index is 1.80. The summed E-state index contributed by atoms with van der Waals surface area (Å²) in [6.07, 6.45) is -4.11. The predicted molar refractivity (Wildman–Crippen MR) is 116 cm³/mol. The molecule has 0 radical (unpaired) electrons. The van der Waals surface area contributed by atoms with Crippen molar-refractivity contribution in [2.75, 3.05) is 6.61 Å². The Kier molecular flexibility index (Phi) is 6.84.